The van der Waals surface area contributed by atoms with Gasteiger partial charge in [0.05, 0.1) is 13.1 Å². The summed E-state index contributed by atoms with van der Waals surface area (Å²) in [5, 5.41) is 3.25. The second kappa shape index (κ2) is 6.88. The van der Waals surface area contributed by atoms with Gasteiger partial charge < -0.3 is 9.64 Å². The molecule has 0 aliphatic carbocycles. The van der Waals surface area contributed by atoms with Crippen LogP contribution in [0.3, 0.4) is 0 Å². The average Bonchev–Trinajstić information content (AvgIpc) is 2.98. The molecular formula is C19H25N3O3. The van der Waals surface area contributed by atoms with Crippen LogP contribution in [-0.4, -0.2) is 53.8 Å². The van der Waals surface area contributed by atoms with Gasteiger partial charge in [0.15, 0.2) is 0 Å². The fraction of sp³-hybridized carbons (Fsp3) is 0.474. The molecule has 0 fully saturated rings. The number of ether oxygens (including phenoxy) is 1. The molecule has 0 aromatic heterocycles. The molecule has 2 heterocycles. The van der Waals surface area contributed by atoms with E-state index in [9.17, 15) is 9.59 Å². The lowest BCUT2D eigenvalue weighted by atomic mass is 10.2. The summed E-state index contributed by atoms with van der Waals surface area (Å²) in [5.41, 5.74) is 1.60. The van der Waals surface area contributed by atoms with E-state index in [4.69, 9.17) is 4.74 Å². The van der Waals surface area contributed by atoms with Crippen molar-refractivity contribution in [2.24, 2.45) is 0 Å². The molecule has 0 N–H and O–H groups in total. The van der Waals surface area contributed by atoms with Crippen LogP contribution in [0.5, 0.6) is 0 Å². The summed E-state index contributed by atoms with van der Waals surface area (Å²) in [6.45, 7) is 7.27. The number of hydrogen-bond acceptors (Lipinski definition) is 4. The Hall–Kier alpha value is -2.34. The van der Waals surface area contributed by atoms with E-state index < -0.39 is 11.7 Å². The lowest BCUT2D eigenvalue weighted by molar-refractivity contribution is -0.124. The number of fused-ring (bicyclic) bond motifs is 1. The minimum absolute atomic E-state index is 0.00573. The van der Waals surface area contributed by atoms with Gasteiger partial charge in [-0.2, -0.15) is 0 Å². The third-order valence-corrected chi connectivity index (χ3v) is 4.21. The molecule has 1 aromatic carbocycles. The molecule has 0 saturated carbocycles. The van der Waals surface area contributed by atoms with Crippen LogP contribution >= 0.6 is 0 Å². The number of hydrazine groups is 1. The van der Waals surface area contributed by atoms with E-state index in [1.165, 1.54) is 10.6 Å². The maximum Gasteiger partial charge on any atom is 0.425 e. The number of carbonyl (C=O) groups is 2. The summed E-state index contributed by atoms with van der Waals surface area (Å²) in [4.78, 5) is 27.0. The zero-order chi connectivity index (χ0) is 18.0. The zero-order valence-electron chi connectivity index (χ0n) is 15.1. The lowest BCUT2D eigenvalue weighted by Crippen LogP contribution is -2.53. The molecule has 0 unspecified atom stereocenters. The molecule has 2 aliphatic heterocycles. The van der Waals surface area contributed by atoms with Crippen LogP contribution in [0.1, 0.15) is 26.3 Å². The third-order valence-electron chi connectivity index (χ3n) is 4.21. The first-order chi connectivity index (χ1) is 11.8. The van der Waals surface area contributed by atoms with E-state index >= 15 is 0 Å². The predicted molar refractivity (Wildman–Crippen MR) is 96.2 cm³/mol. The minimum atomic E-state index is -0.568. The summed E-state index contributed by atoms with van der Waals surface area (Å²) in [5.74, 6) is -0.00573. The van der Waals surface area contributed by atoms with Crippen molar-refractivity contribution in [1.82, 2.24) is 10.0 Å². The number of hydrogen-bond donors (Lipinski definition) is 0. The van der Waals surface area contributed by atoms with Gasteiger partial charge in [-0.05, 0) is 38.8 Å². The zero-order valence-corrected chi connectivity index (χ0v) is 15.1. The molecule has 6 heteroatoms. The molecule has 2 amide bonds. The third kappa shape index (κ3) is 4.02. The van der Waals surface area contributed by atoms with Crippen LogP contribution in [0.2, 0.25) is 0 Å². The monoisotopic (exact) mass is 343 g/mol. The Morgan fingerprint density at radius 3 is 2.60 bits per heavy atom. The van der Waals surface area contributed by atoms with Gasteiger partial charge in [0.2, 0.25) is 5.91 Å². The molecule has 0 bridgehead atoms. The van der Waals surface area contributed by atoms with Gasteiger partial charge in [0.25, 0.3) is 0 Å². The first-order valence-electron chi connectivity index (χ1n) is 8.64. The van der Waals surface area contributed by atoms with Crippen LogP contribution in [0, 0.1) is 0 Å². The van der Waals surface area contributed by atoms with Gasteiger partial charge in [-0.3, -0.25) is 4.79 Å². The molecule has 1 aromatic rings. The molecule has 0 atom stereocenters. The second-order valence-electron chi connectivity index (χ2n) is 7.31. The number of nitrogens with zero attached hydrogens (tertiary/aromatic N) is 3. The van der Waals surface area contributed by atoms with Crippen molar-refractivity contribution in [3.63, 3.8) is 0 Å². The summed E-state index contributed by atoms with van der Waals surface area (Å²) >= 11 is 0. The molecule has 134 valence electrons. The van der Waals surface area contributed by atoms with Gasteiger partial charge in [0, 0.05) is 18.8 Å². The molecule has 25 heavy (non-hydrogen) atoms. The van der Waals surface area contributed by atoms with E-state index in [2.05, 4.69) is 6.07 Å². The van der Waals surface area contributed by atoms with Gasteiger partial charge in [-0.1, -0.05) is 30.4 Å². The predicted octanol–water partition coefficient (Wildman–Crippen LogP) is 2.60. The molecule has 2 aliphatic rings. The van der Waals surface area contributed by atoms with E-state index in [0.717, 1.165) is 12.1 Å². The van der Waals surface area contributed by atoms with Crippen molar-refractivity contribution >= 4 is 17.7 Å². The fourth-order valence-corrected chi connectivity index (χ4v) is 3.08. The van der Waals surface area contributed by atoms with E-state index in [-0.39, 0.29) is 12.5 Å². The Kier molecular flexibility index (Phi) is 4.81. The van der Waals surface area contributed by atoms with Crippen molar-refractivity contribution in [1.29, 1.82) is 0 Å². The highest BCUT2D eigenvalue weighted by Crippen LogP contribution is 2.27. The largest absolute Gasteiger partial charge is 0.443 e. The first kappa shape index (κ1) is 17.5. The van der Waals surface area contributed by atoms with E-state index in [1.54, 1.807) is 9.91 Å². The number of para-hydroxylation sites is 1. The van der Waals surface area contributed by atoms with E-state index in [1.807, 2.05) is 51.1 Å². The molecular weight excluding hydrogens is 318 g/mol. The van der Waals surface area contributed by atoms with Crippen molar-refractivity contribution in [2.45, 2.75) is 32.8 Å². The number of amides is 2. The van der Waals surface area contributed by atoms with Crippen LogP contribution in [0.15, 0.2) is 36.4 Å². The normalized spacial score (nSPS) is 17.6. The van der Waals surface area contributed by atoms with Crippen LogP contribution in [-0.2, 0) is 16.0 Å². The molecule has 3 rings (SSSR count). The first-order valence-corrected chi connectivity index (χ1v) is 8.64. The van der Waals surface area contributed by atoms with Gasteiger partial charge >= 0.3 is 6.09 Å². The highest BCUT2D eigenvalue weighted by Gasteiger charge is 2.31. The number of rotatable bonds is 2. The van der Waals surface area contributed by atoms with Crippen molar-refractivity contribution in [3.8, 4) is 0 Å². The Balaban J connectivity index is 1.69. The van der Waals surface area contributed by atoms with Gasteiger partial charge in [0.1, 0.15) is 5.60 Å². The van der Waals surface area contributed by atoms with Crippen LogP contribution in [0.4, 0.5) is 10.5 Å². The van der Waals surface area contributed by atoms with Gasteiger partial charge in [-0.15, -0.1) is 0 Å². The fourth-order valence-electron chi connectivity index (χ4n) is 3.08. The SMILES string of the molecule is CC(C)(C)OC(=O)N1CC=CCN1CC(=O)N1CCc2ccccc21. The quantitative estimate of drug-likeness (QED) is 0.775. The maximum atomic E-state index is 12.8. The lowest BCUT2D eigenvalue weighted by Gasteiger charge is -2.37. The van der Waals surface area contributed by atoms with Crippen LogP contribution in [0.25, 0.3) is 0 Å². The summed E-state index contributed by atoms with van der Waals surface area (Å²) in [6.07, 6.45) is 4.33. The maximum absolute atomic E-state index is 12.8. The smallest absolute Gasteiger partial charge is 0.425 e. The Labute approximate surface area is 148 Å². The highest BCUT2D eigenvalue weighted by atomic mass is 16.6. The molecule has 0 saturated heterocycles. The average molecular weight is 343 g/mol. The molecule has 0 spiro atoms. The minimum Gasteiger partial charge on any atom is -0.443 e. The van der Waals surface area contributed by atoms with Crippen molar-refractivity contribution in [3.05, 3.63) is 42.0 Å². The number of anilines is 1. The molecule has 0 radical (unpaired) electrons. The second-order valence-corrected chi connectivity index (χ2v) is 7.31. The van der Waals surface area contributed by atoms with Crippen LogP contribution < -0.4 is 4.90 Å². The Bertz CT molecular complexity index is 693. The number of benzene rings is 1. The highest BCUT2D eigenvalue weighted by molar-refractivity contribution is 5.96. The van der Waals surface area contributed by atoms with Crippen molar-refractivity contribution in [2.75, 3.05) is 31.1 Å². The summed E-state index contributed by atoms with van der Waals surface area (Å²) in [7, 11) is 0. The molecule has 6 nitrogen and oxygen atoms in total. The standard InChI is InChI=1S/C19H25N3O3/c1-19(2,3)25-18(24)22-12-7-6-11-20(22)14-17(23)21-13-10-15-8-4-5-9-16(15)21/h4-9H,10-14H2,1-3H3. The Morgan fingerprint density at radius 1 is 1.12 bits per heavy atom. The van der Waals surface area contributed by atoms with Crippen molar-refractivity contribution < 1.29 is 14.3 Å². The van der Waals surface area contributed by atoms with Gasteiger partial charge in [-0.25, -0.2) is 14.8 Å². The summed E-state index contributed by atoms with van der Waals surface area (Å²) < 4.78 is 5.46. The van der Waals surface area contributed by atoms with E-state index in [0.29, 0.717) is 19.6 Å². The topological polar surface area (TPSA) is 53.1 Å². The number of carbonyl (C=O) groups excluding carboxylic acids is 2. The summed E-state index contributed by atoms with van der Waals surface area (Å²) in [6, 6.07) is 7.97. The Morgan fingerprint density at radius 2 is 1.84 bits per heavy atom.